The van der Waals surface area contributed by atoms with E-state index in [9.17, 15) is 0 Å². The highest BCUT2D eigenvalue weighted by Gasteiger charge is 2.28. The summed E-state index contributed by atoms with van der Waals surface area (Å²) >= 11 is 0. The summed E-state index contributed by atoms with van der Waals surface area (Å²) in [7, 11) is 0. The van der Waals surface area contributed by atoms with Gasteiger partial charge in [0.2, 0.25) is 0 Å². The Bertz CT molecular complexity index is 911. The maximum absolute atomic E-state index is 15.2. The highest BCUT2D eigenvalue weighted by molar-refractivity contribution is 5.39. The van der Waals surface area contributed by atoms with Gasteiger partial charge in [-0.3, -0.25) is 0 Å². The number of fused-ring (bicyclic) bond motifs is 1. The van der Waals surface area contributed by atoms with E-state index >= 15 is 8.78 Å². The lowest BCUT2D eigenvalue weighted by atomic mass is 9.76. The fraction of sp³-hybridized carbons (Fsp3) is 0.533. The molecule has 1 fully saturated rings. The summed E-state index contributed by atoms with van der Waals surface area (Å²) in [5.74, 6) is 0.398. The predicted molar refractivity (Wildman–Crippen MR) is 130 cm³/mol. The third-order valence-electron chi connectivity index (χ3n) is 7.86. The van der Waals surface area contributed by atoms with E-state index in [1.807, 2.05) is 0 Å². The molecule has 0 amide bonds. The fourth-order valence-electron chi connectivity index (χ4n) is 6.05. The van der Waals surface area contributed by atoms with Crippen molar-refractivity contribution in [2.75, 3.05) is 0 Å². The Morgan fingerprint density at radius 1 is 0.906 bits per heavy atom. The van der Waals surface area contributed by atoms with Gasteiger partial charge >= 0.3 is 0 Å². The Kier molecular flexibility index (Phi) is 7.81. The Hall–Kier alpha value is -1.96. The molecular weight excluding hydrogens is 398 g/mol. The number of allylic oxidation sites excluding steroid dienone is 2. The Morgan fingerprint density at radius 2 is 1.66 bits per heavy atom. The van der Waals surface area contributed by atoms with E-state index in [4.69, 9.17) is 0 Å². The van der Waals surface area contributed by atoms with Crippen molar-refractivity contribution in [3.8, 4) is 0 Å². The van der Waals surface area contributed by atoms with Crippen LogP contribution in [0.1, 0.15) is 105 Å². The lowest BCUT2D eigenvalue weighted by molar-refractivity contribution is 0.307. The normalized spacial score (nSPS) is 23.4. The Morgan fingerprint density at radius 3 is 2.34 bits per heavy atom. The number of hydrogen-bond donors (Lipinski definition) is 0. The SMILES string of the molecule is C/C=C/CCc1ccc2c(c1)CCC(c1c(F)cc(C3CCC(CCC)CC3)cc1F)C2. The molecule has 2 heteroatoms. The molecule has 0 aliphatic heterocycles. The number of rotatable bonds is 7. The van der Waals surface area contributed by atoms with Crippen molar-refractivity contribution in [1.29, 1.82) is 0 Å². The van der Waals surface area contributed by atoms with Crippen molar-refractivity contribution in [2.45, 2.75) is 96.3 Å². The quantitative estimate of drug-likeness (QED) is 0.380. The molecule has 0 spiro atoms. The van der Waals surface area contributed by atoms with Crippen LogP contribution in [0, 0.1) is 17.6 Å². The third-order valence-corrected chi connectivity index (χ3v) is 7.86. The molecule has 0 heterocycles. The number of aryl methyl sites for hydroxylation is 2. The molecule has 4 rings (SSSR count). The molecule has 0 bridgehead atoms. The van der Waals surface area contributed by atoms with Gasteiger partial charge in [0.05, 0.1) is 0 Å². The first-order chi connectivity index (χ1) is 15.6. The van der Waals surface area contributed by atoms with E-state index in [0.29, 0.717) is 11.5 Å². The van der Waals surface area contributed by atoms with Crippen molar-refractivity contribution in [3.63, 3.8) is 0 Å². The van der Waals surface area contributed by atoms with Gasteiger partial charge in [-0.1, -0.05) is 50.1 Å². The van der Waals surface area contributed by atoms with Gasteiger partial charge in [-0.2, -0.15) is 0 Å². The second kappa shape index (κ2) is 10.8. The van der Waals surface area contributed by atoms with E-state index in [0.717, 1.165) is 56.4 Å². The van der Waals surface area contributed by atoms with E-state index < -0.39 is 0 Å². The minimum absolute atomic E-state index is 0.0642. The van der Waals surface area contributed by atoms with Crippen molar-refractivity contribution >= 4 is 0 Å². The number of benzene rings is 2. The van der Waals surface area contributed by atoms with Crippen molar-refractivity contribution in [3.05, 3.63) is 81.9 Å². The average molecular weight is 437 g/mol. The largest absolute Gasteiger partial charge is 0.207 e. The van der Waals surface area contributed by atoms with Crippen LogP contribution in [0.3, 0.4) is 0 Å². The molecule has 1 unspecified atom stereocenters. The standard InChI is InChI=1S/C30H38F2/c1-3-5-6-8-22-11-14-25-18-26(16-15-24(25)17-22)30-28(31)19-27(20-29(30)32)23-12-9-21(7-4-2)10-13-23/h3,5,11,14,17,19-21,23,26H,4,6-10,12-13,15-16,18H2,1-2H3/b5-3+. The van der Waals surface area contributed by atoms with E-state index in [-0.39, 0.29) is 17.6 Å². The van der Waals surface area contributed by atoms with Gasteiger partial charge in [-0.15, -0.1) is 0 Å². The van der Waals surface area contributed by atoms with Crippen molar-refractivity contribution in [1.82, 2.24) is 0 Å². The van der Waals surface area contributed by atoms with Gasteiger partial charge < -0.3 is 0 Å². The summed E-state index contributed by atoms with van der Waals surface area (Å²) < 4.78 is 30.4. The fourth-order valence-corrected chi connectivity index (χ4v) is 6.05. The van der Waals surface area contributed by atoms with E-state index in [1.165, 1.54) is 42.4 Å². The van der Waals surface area contributed by atoms with Crippen LogP contribution in [0.2, 0.25) is 0 Å². The summed E-state index contributed by atoms with van der Waals surface area (Å²) in [5, 5.41) is 0. The van der Waals surface area contributed by atoms with Crippen molar-refractivity contribution < 1.29 is 8.78 Å². The molecule has 0 radical (unpaired) electrons. The van der Waals surface area contributed by atoms with Crippen LogP contribution >= 0.6 is 0 Å². The van der Waals surface area contributed by atoms with Crippen molar-refractivity contribution in [2.24, 2.45) is 5.92 Å². The molecule has 0 aromatic heterocycles. The second-order valence-corrected chi connectivity index (χ2v) is 10.1. The molecule has 0 N–H and O–H groups in total. The zero-order valence-electron chi connectivity index (χ0n) is 19.8. The first-order valence-electron chi connectivity index (χ1n) is 12.8. The first-order valence-corrected chi connectivity index (χ1v) is 12.8. The van der Waals surface area contributed by atoms with Crippen LogP contribution in [0.25, 0.3) is 0 Å². The molecule has 1 atom stereocenters. The minimum Gasteiger partial charge on any atom is -0.207 e. The van der Waals surface area contributed by atoms with E-state index in [2.05, 4.69) is 44.2 Å². The molecule has 2 aromatic rings. The molecule has 2 aliphatic carbocycles. The second-order valence-electron chi connectivity index (χ2n) is 10.1. The molecule has 32 heavy (non-hydrogen) atoms. The summed E-state index contributed by atoms with van der Waals surface area (Å²) in [5.41, 5.74) is 5.17. The maximum Gasteiger partial charge on any atom is 0.129 e. The van der Waals surface area contributed by atoms with Crippen LogP contribution in [0.5, 0.6) is 0 Å². The number of halogens is 2. The molecule has 2 aromatic carbocycles. The Balaban J connectivity index is 1.45. The lowest BCUT2D eigenvalue weighted by Crippen LogP contribution is -2.17. The Labute approximate surface area is 193 Å². The van der Waals surface area contributed by atoms with Gasteiger partial charge in [0, 0.05) is 5.56 Å². The topological polar surface area (TPSA) is 0 Å². The highest BCUT2D eigenvalue weighted by Crippen LogP contribution is 2.41. The molecular formula is C30H38F2. The summed E-state index contributed by atoms with van der Waals surface area (Å²) in [6.07, 6.45) is 15.9. The van der Waals surface area contributed by atoms with Crippen LogP contribution in [0.15, 0.2) is 42.5 Å². The van der Waals surface area contributed by atoms with Crippen LogP contribution in [-0.2, 0) is 19.3 Å². The molecule has 1 saturated carbocycles. The van der Waals surface area contributed by atoms with Gasteiger partial charge in [0.1, 0.15) is 11.6 Å². The monoisotopic (exact) mass is 436 g/mol. The first kappa shape index (κ1) is 23.2. The van der Waals surface area contributed by atoms with Crippen LogP contribution in [-0.4, -0.2) is 0 Å². The maximum atomic E-state index is 15.2. The summed E-state index contributed by atoms with van der Waals surface area (Å²) in [6, 6.07) is 9.99. The highest BCUT2D eigenvalue weighted by atomic mass is 19.1. The number of hydrogen-bond acceptors (Lipinski definition) is 0. The molecule has 0 saturated heterocycles. The molecule has 172 valence electrons. The average Bonchev–Trinajstić information content (AvgIpc) is 2.79. The van der Waals surface area contributed by atoms with Gasteiger partial charge in [0.25, 0.3) is 0 Å². The van der Waals surface area contributed by atoms with Gasteiger partial charge in [0.15, 0.2) is 0 Å². The van der Waals surface area contributed by atoms with Crippen LogP contribution in [0.4, 0.5) is 8.78 Å². The van der Waals surface area contributed by atoms with E-state index in [1.54, 1.807) is 12.1 Å². The molecule has 0 nitrogen and oxygen atoms in total. The predicted octanol–water partition coefficient (Wildman–Crippen LogP) is 8.82. The molecule has 2 aliphatic rings. The summed E-state index contributed by atoms with van der Waals surface area (Å²) in [4.78, 5) is 0. The van der Waals surface area contributed by atoms with Gasteiger partial charge in [-0.05, 0) is 117 Å². The zero-order valence-corrected chi connectivity index (χ0v) is 19.8. The van der Waals surface area contributed by atoms with Gasteiger partial charge in [-0.25, -0.2) is 8.78 Å². The van der Waals surface area contributed by atoms with Crippen LogP contribution < -0.4 is 0 Å². The summed E-state index contributed by atoms with van der Waals surface area (Å²) in [6.45, 7) is 4.29. The zero-order chi connectivity index (χ0) is 22.5. The lowest BCUT2D eigenvalue weighted by Gasteiger charge is -2.30. The third kappa shape index (κ3) is 5.33. The smallest absolute Gasteiger partial charge is 0.129 e. The minimum atomic E-state index is -0.327.